The second kappa shape index (κ2) is 5.01. The van der Waals surface area contributed by atoms with Crippen LogP contribution in [0.5, 0.6) is 0 Å². The van der Waals surface area contributed by atoms with Crippen LogP contribution in [0.1, 0.15) is 10.4 Å². The number of fused-ring (bicyclic) bond motifs is 1. The lowest BCUT2D eigenvalue weighted by Crippen LogP contribution is -2.36. The zero-order valence-electron chi connectivity index (χ0n) is 11.8. The fourth-order valence-corrected chi connectivity index (χ4v) is 2.69. The van der Waals surface area contributed by atoms with E-state index < -0.39 is 5.97 Å². The molecule has 3 rings (SSSR count). The number of likely N-dealkylation sites (N-methyl/N-ethyl adjacent to an activating group) is 1. The van der Waals surface area contributed by atoms with E-state index in [0.717, 1.165) is 30.2 Å². The van der Waals surface area contributed by atoms with E-state index in [1.54, 1.807) is 12.1 Å². The van der Waals surface area contributed by atoms with Gasteiger partial charge in [-0.1, -0.05) is 12.1 Å². The first kappa shape index (κ1) is 13.3. The topological polar surface area (TPSA) is 69.8 Å². The van der Waals surface area contributed by atoms with Crippen LogP contribution in [-0.4, -0.2) is 31.2 Å². The van der Waals surface area contributed by atoms with E-state index in [-0.39, 0.29) is 5.56 Å². The van der Waals surface area contributed by atoms with Crippen molar-refractivity contribution in [1.82, 2.24) is 0 Å². The lowest BCUT2D eigenvalue weighted by Gasteiger charge is -2.37. The van der Waals surface area contributed by atoms with Crippen LogP contribution in [0.2, 0.25) is 0 Å². The minimum absolute atomic E-state index is 0.207. The Morgan fingerprint density at radius 3 is 2.48 bits per heavy atom. The highest BCUT2D eigenvalue weighted by molar-refractivity contribution is 5.92. The molecule has 0 bridgehead atoms. The predicted molar refractivity (Wildman–Crippen MR) is 84.5 cm³/mol. The van der Waals surface area contributed by atoms with Crippen molar-refractivity contribution >= 4 is 28.7 Å². The highest BCUT2D eigenvalue weighted by atomic mass is 16.4. The van der Waals surface area contributed by atoms with Crippen molar-refractivity contribution in [2.75, 3.05) is 35.7 Å². The number of aromatic carboxylic acids is 1. The molecule has 1 aliphatic rings. The summed E-state index contributed by atoms with van der Waals surface area (Å²) in [7, 11) is 2.06. The van der Waals surface area contributed by atoms with Gasteiger partial charge in [0.05, 0.1) is 28.3 Å². The molecule has 0 amide bonds. The molecule has 0 spiro atoms. The van der Waals surface area contributed by atoms with E-state index in [9.17, 15) is 4.79 Å². The molecule has 2 aromatic rings. The van der Waals surface area contributed by atoms with Crippen molar-refractivity contribution in [2.45, 2.75) is 0 Å². The Kier molecular flexibility index (Phi) is 3.17. The quantitative estimate of drug-likeness (QED) is 0.829. The van der Waals surface area contributed by atoms with E-state index in [2.05, 4.69) is 29.0 Å². The highest BCUT2D eigenvalue weighted by Crippen LogP contribution is 2.39. The molecule has 2 aromatic carbocycles. The standard InChI is InChI=1S/C16H17N3O2/c1-18-8-9-19(15-5-3-2-4-14(15)18)13-7-6-11(16(20)21)10-12(13)17/h2-7,10H,8-9,17H2,1H3,(H,20,21). The number of hydrogen-bond acceptors (Lipinski definition) is 4. The van der Waals surface area contributed by atoms with Gasteiger partial charge in [0.1, 0.15) is 0 Å². The SMILES string of the molecule is CN1CCN(c2ccc(C(=O)O)cc2N)c2ccccc21. The lowest BCUT2D eigenvalue weighted by atomic mass is 10.1. The Morgan fingerprint density at radius 2 is 1.81 bits per heavy atom. The number of carboxylic acid groups (broad SMARTS) is 1. The fourth-order valence-electron chi connectivity index (χ4n) is 2.69. The second-order valence-corrected chi connectivity index (χ2v) is 5.14. The van der Waals surface area contributed by atoms with E-state index in [4.69, 9.17) is 10.8 Å². The third-order valence-electron chi connectivity index (χ3n) is 3.81. The number of nitrogen functional groups attached to an aromatic ring is 1. The van der Waals surface area contributed by atoms with Crippen LogP contribution in [0.4, 0.5) is 22.7 Å². The van der Waals surface area contributed by atoms with Crippen molar-refractivity contribution in [3.8, 4) is 0 Å². The summed E-state index contributed by atoms with van der Waals surface area (Å²) in [5.74, 6) is -0.966. The minimum Gasteiger partial charge on any atom is -0.478 e. The first-order valence-electron chi connectivity index (χ1n) is 6.78. The first-order valence-corrected chi connectivity index (χ1v) is 6.78. The van der Waals surface area contributed by atoms with Gasteiger partial charge in [0.25, 0.3) is 0 Å². The van der Waals surface area contributed by atoms with Gasteiger partial charge >= 0.3 is 5.97 Å². The molecular formula is C16H17N3O2. The van der Waals surface area contributed by atoms with Crippen LogP contribution >= 0.6 is 0 Å². The van der Waals surface area contributed by atoms with Crippen LogP contribution < -0.4 is 15.5 Å². The maximum atomic E-state index is 11.0. The van der Waals surface area contributed by atoms with Crippen molar-refractivity contribution in [3.05, 3.63) is 48.0 Å². The van der Waals surface area contributed by atoms with Crippen molar-refractivity contribution in [1.29, 1.82) is 0 Å². The van der Waals surface area contributed by atoms with Crippen LogP contribution in [-0.2, 0) is 0 Å². The Hall–Kier alpha value is -2.69. The third kappa shape index (κ3) is 2.27. The normalized spacial score (nSPS) is 14.0. The van der Waals surface area contributed by atoms with Crippen molar-refractivity contribution in [2.24, 2.45) is 0 Å². The zero-order valence-corrected chi connectivity index (χ0v) is 11.8. The minimum atomic E-state index is -0.966. The molecule has 0 aromatic heterocycles. The van der Waals surface area contributed by atoms with Gasteiger partial charge in [-0.3, -0.25) is 0 Å². The number of carboxylic acids is 1. The summed E-state index contributed by atoms with van der Waals surface area (Å²) in [6, 6.07) is 13.0. The van der Waals surface area contributed by atoms with Gasteiger partial charge in [-0.15, -0.1) is 0 Å². The molecule has 0 atom stereocenters. The van der Waals surface area contributed by atoms with Crippen molar-refractivity contribution in [3.63, 3.8) is 0 Å². The number of carbonyl (C=O) groups is 1. The molecular weight excluding hydrogens is 266 g/mol. The molecule has 0 aliphatic carbocycles. The molecule has 0 unspecified atom stereocenters. The molecule has 0 radical (unpaired) electrons. The highest BCUT2D eigenvalue weighted by Gasteiger charge is 2.22. The summed E-state index contributed by atoms with van der Waals surface area (Å²) >= 11 is 0. The number of nitrogens with zero attached hydrogens (tertiary/aromatic N) is 2. The monoisotopic (exact) mass is 283 g/mol. The van der Waals surface area contributed by atoms with Gasteiger partial charge in [0, 0.05) is 20.1 Å². The van der Waals surface area contributed by atoms with E-state index >= 15 is 0 Å². The van der Waals surface area contributed by atoms with Gasteiger partial charge in [0.2, 0.25) is 0 Å². The number of benzene rings is 2. The Bertz CT molecular complexity index is 700. The summed E-state index contributed by atoms with van der Waals surface area (Å²) in [6.45, 7) is 1.70. The number of hydrogen-bond donors (Lipinski definition) is 2. The molecule has 21 heavy (non-hydrogen) atoms. The van der Waals surface area contributed by atoms with Gasteiger partial charge in [-0.25, -0.2) is 4.79 Å². The summed E-state index contributed by atoms with van der Waals surface area (Å²) in [6.07, 6.45) is 0. The number of para-hydroxylation sites is 2. The molecule has 5 nitrogen and oxygen atoms in total. The maximum absolute atomic E-state index is 11.0. The Morgan fingerprint density at radius 1 is 1.10 bits per heavy atom. The van der Waals surface area contributed by atoms with Gasteiger partial charge in [-0.05, 0) is 30.3 Å². The molecule has 1 heterocycles. The molecule has 0 fully saturated rings. The van der Waals surface area contributed by atoms with Crippen LogP contribution in [0.15, 0.2) is 42.5 Å². The lowest BCUT2D eigenvalue weighted by molar-refractivity contribution is 0.0697. The molecule has 0 saturated heterocycles. The molecule has 5 heteroatoms. The van der Waals surface area contributed by atoms with E-state index in [1.807, 2.05) is 12.1 Å². The second-order valence-electron chi connectivity index (χ2n) is 5.14. The Labute approximate surface area is 123 Å². The molecule has 1 aliphatic heterocycles. The maximum Gasteiger partial charge on any atom is 0.335 e. The molecule has 0 saturated carbocycles. The smallest absolute Gasteiger partial charge is 0.335 e. The number of nitrogens with two attached hydrogens (primary N) is 1. The van der Waals surface area contributed by atoms with Crippen LogP contribution in [0.25, 0.3) is 0 Å². The van der Waals surface area contributed by atoms with Gasteiger partial charge in [0.15, 0.2) is 0 Å². The zero-order chi connectivity index (χ0) is 15.0. The summed E-state index contributed by atoms with van der Waals surface area (Å²) < 4.78 is 0. The van der Waals surface area contributed by atoms with Crippen LogP contribution in [0.3, 0.4) is 0 Å². The largest absolute Gasteiger partial charge is 0.478 e. The van der Waals surface area contributed by atoms with Crippen molar-refractivity contribution < 1.29 is 9.90 Å². The van der Waals surface area contributed by atoms with Gasteiger partial charge in [-0.2, -0.15) is 0 Å². The predicted octanol–water partition coefficient (Wildman–Crippen LogP) is 2.55. The molecule has 3 N–H and O–H groups in total. The third-order valence-corrected chi connectivity index (χ3v) is 3.81. The van der Waals surface area contributed by atoms with Crippen LogP contribution in [0, 0.1) is 0 Å². The fraction of sp³-hybridized carbons (Fsp3) is 0.188. The number of rotatable bonds is 2. The average Bonchev–Trinajstić information content (AvgIpc) is 2.48. The van der Waals surface area contributed by atoms with E-state index in [1.165, 1.54) is 6.07 Å². The first-order chi connectivity index (χ1) is 10.1. The molecule has 108 valence electrons. The average molecular weight is 283 g/mol. The number of anilines is 4. The Balaban J connectivity index is 2.06. The van der Waals surface area contributed by atoms with Gasteiger partial charge < -0.3 is 20.6 Å². The summed E-state index contributed by atoms with van der Waals surface area (Å²) in [4.78, 5) is 15.3. The van der Waals surface area contributed by atoms with E-state index in [0.29, 0.717) is 5.69 Å². The summed E-state index contributed by atoms with van der Waals surface area (Å²) in [5.41, 5.74) is 9.83. The summed E-state index contributed by atoms with van der Waals surface area (Å²) in [5, 5.41) is 9.03.